The van der Waals surface area contributed by atoms with Crippen LogP contribution in [0.1, 0.15) is 19.3 Å². The van der Waals surface area contributed by atoms with Gasteiger partial charge in [0.05, 0.1) is 24.5 Å². The lowest BCUT2D eigenvalue weighted by molar-refractivity contribution is 0.00401. The minimum absolute atomic E-state index is 0.123. The van der Waals surface area contributed by atoms with Crippen LogP contribution in [0, 0.1) is 0 Å². The van der Waals surface area contributed by atoms with Crippen molar-refractivity contribution < 1.29 is 13.2 Å². The highest BCUT2D eigenvalue weighted by Crippen LogP contribution is 2.17. The Morgan fingerprint density at radius 2 is 2.27 bits per heavy atom. The monoisotopic (exact) mass is 322 g/mol. The lowest BCUT2D eigenvalue weighted by atomic mass is 10.1. The van der Waals surface area contributed by atoms with Gasteiger partial charge in [-0.1, -0.05) is 0 Å². The third-order valence-electron chi connectivity index (χ3n) is 3.49. The molecule has 0 bridgehead atoms. The van der Waals surface area contributed by atoms with E-state index in [1.165, 1.54) is 24.7 Å². The molecule has 3 heterocycles. The summed E-state index contributed by atoms with van der Waals surface area (Å²) in [5, 5.41) is 4.18. The van der Waals surface area contributed by atoms with Crippen molar-refractivity contribution in [1.29, 1.82) is 0 Å². The Balaban J connectivity index is 1.66. The molecule has 0 spiro atoms. The summed E-state index contributed by atoms with van der Waals surface area (Å²) >= 11 is 0. The van der Waals surface area contributed by atoms with E-state index in [4.69, 9.17) is 4.74 Å². The number of hydrogen-bond acceptors (Lipinski definition) is 5. The fourth-order valence-electron chi connectivity index (χ4n) is 2.40. The molecule has 0 radical (unpaired) electrons. The number of nitrogens with zero attached hydrogens (tertiary/aromatic N) is 3. The first-order valence-electron chi connectivity index (χ1n) is 7.20. The Labute approximate surface area is 129 Å². The summed E-state index contributed by atoms with van der Waals surface area (Å²) in [5.74, 6) is 0. The number of rotatable bonds is 5. The lowest BCUT2D eigenvalue weighted by Gasteiger charge is -2.22. The number of anilines is 1. The first kappa shape index (κ1) is 15.0. The predicted molar refractivity (Wildman–Crippen MR) is 80.9 cm³/mol. The SMILES string of the molecule is O=S(=O)(Nc1cnn(C[C@@H]2CCCCO2)c1)c1cccnc1. The first-order chi connectivity index (χ1) is 10.6. The summed E-state index contributed by atoms with van der Waals surface area (Å²) in [6.45, 7) is 1.42. The molecule has 1 N–H and O–H groups in total. The van der Waals surface area contributed by atoms with Crippen molar-refractivity contribution in [3.63, 3.8) is 0 Å². The van der Waals surface area contributed by atoms with Gasteiger partial charge >= 0.3 is 0 Å². The summed E-state index contributed by atoms with van der Waals surface area (Å²) in [7, 11) is -3.63. The minimum atomic E-state index is -3.63. The Bertz CT molecular complexity index is 709. The maximum atomic E-state index is 12.2. The third kappa shape index (κ3) is 3.63. The Hall–Kier alpha value is -1.93. The van der Waals surface area contributed by atoms with E-state index in [1.54, 1.807) is 16.9 Å². The average molecular weight is 322 g/mol. The molecule has 0 aromatic carbocycles. The molecule has 8 heteroatoms. The van der Waals surface area contributed by atoms with E-state index in [0.29, 0.717) is 12.2 Å². The van der Waals surface area contributed by atoms with Gasteiger partial charge in [0.25, 0.3) is 10.0 Å². The second kappa shape index (κ2) is 6.45. The summed E-state index contributed by atoms with van der Waals surface area (Å²) < 4.78 is 34.2. The lowest BCUT2D eigenvalue weighted by Crippen LogP contribution is -2.24. The Kier molecular flexibility index (Phi) is 4.39. The van der Waals surface area contributed by atoms with Crippen molar-refractivity contribution in [3.8, 4) is 0 Å². The fraction of sp³-hybridized carbons (Fsp3) is 0.429. The van der Waals surface area contributed by atoms with Gasteiger partial charge in [0, 0.05) is 25.2 Å². The number of aromatic nitrogens is 3. The van der Waals surface area contributed by atoms with Crippen molar-refractivity contribution in [2.75, 3.05) is 11.3 Å². The van der Waals surface area contributed by atoms with Gasteiger partial charge in [-0.3, -0.25) is 14.4 Å². The second-order valence-electron chi connectivity index (χ2n) is 5.23. The van der Waals surface area contributed by atoms with Crippen molar-refractivity contribution in [2.24, 2.45) is 0 Å². The van der Waals surface area contributed by atoms with Gasteiger partial charge < -0.3 is 4.74 Å². The largest absolute Gasteiger partial charge is 0.376 e. The van der Waals surface area contributed by atoms with Crippen LogP contribution in [-0.2, 0) is 21.3 Å². The molecule has 2 aromatic rings. The van der Waals surface area contributed by atoms with Crippen LogP contribution < -0.4 is 4.72 Å². The average Bonchev–Trinajstić information content (AvgIpc) is 2.95. The van der Waals surface area contributed by atoms with Gasteiger partial charge in [0.1, 0.15) is 4.90 Å². The van der Waals surface area contributed by atoms with Crippen LogP contribution in [-0.4, -0.2) is 35.9 Å². The van der Waals surface area contributed by atoms with Crippen molar-refractivity contribution in [3.05, 3.63) is 36.9 Å². The number of ether oxygens (including phenoxy) is 1. The topological polar surface area (TPSA) is 86.1 Å². The highest BCUT2D eigenvalue weighted by molar-refractivity contribution is 7.92. The molecular formula is C14H18N4O3S. The van der Waals surface area contributed by atoms with Crippen LogP contribution in [0.2, 0.25) is 0 Å². The van der Waals surface area contributed by atoms with Crippen LogP contribution >= 0.6 is 0 Å². The maximum Gasteiger partial charge on any atom is 0.263 e. The number of pyridine rings is 1. The molecule has 2 aromatic heterocycles. The molecule has 0 unspecified atom stereocenters. The smallest absolute Gasteiger partial charge is 0.263 e. The zero-order valence-electron chi connectivity index (χ0n) is 12.1. The summed E-state index contributed by atoms with van der Waals surface area (Å²) in [6.07, 6.45) is 9.43. The first-order valence-corrected chi connectivity index (χ1v) is 8.69. The molecule has 118 valence electrons. The minimum Gasteiger partial charge on any atom is -0.376 e. The molecule has 3 rings (SSSR count). The molecule has 1 fully saturated rings. The highest BCUT2D eigenvalue weighted by atomic mass is 32.2. The summed E-state index contributed by atoms with van der Waals surface area (Å²) in [5.41, 5.74) is 0.430. The molecule has 1 atom stereocenters. The Morgan fingerprint density at radius 3 is 3.00 bits per heavy atom. The standard InChI is InChI=1S/C14H18N4O3S/c19-22(20,14-5-3-6-15-9-14)17-12-8-16-18(10-12)11-13-4-1-2-7-21-13/h3,5-6,8-10,13,17H,1-2,4,7,11H2/t13-/m0/s1. The van der Waals surface area contributed by atoms with Crippen LogP contribution in [0.4, 0.5) is 5.69 Å². The molecule has 22 heavy (non-hydrogen) atoms. The van der Waals surface area contributed by atoms with E-state index < -0.39 is 10.0 Å². The molecule has 0 saturated carbocycles. The van der Waals surface area contributed by atoms with Crippen LogP contribution in [0.15, 0.2) is 41.8 Å². The fourth-order valence-corrected chi connectivity index (χ4v) is 3.39. The quantitative estimate of drug-likeness (QED) is 0.904. The normalized spacial score (nSPS) is 19.0. The van der Waals surface area contributed by atoms with Gasteiger partial charge in [-0.25, -0.2) is 8.42 Å². The van der Waals surface area contributed by atoms with Crippen LogP contribution in [0.25, 0.3) is 0 Å². The van der Waals surface area contributed by atoms with E-state index in [2.05, 4.69) is 14.8 Å². The van der Waals surface area contributed by atoms with Gasteiger partial charge in [-0.15, -0.1) is 0 Å². The van der Waals surface area contributed by atoms with Gasteiger partial charge in [0.15, 0.2) is 0 Å². The highest BCUT2D eigenvalue weighted by Gasteiger charge is 2.17. The maximum absolute atomic E-state index is 12.2. The summed E-state index contributed by atoms with van der Waals surface area (Å²) in [6, 6.07) is 3.08. The summed E-state index contributed by atoms with van der Waals surface area (Å²) in [4.78, 5) is 3.94. The Morgan fingerprint density at radius 1 is 1.36 bits per heavy atom. The number of sulfonamides is 1. The predicted octanol–water partition coefficient (Wildman–Crippen LogP) is 1.65. The number of nitrogens with one attached hydrogen (secondary N) is 1. The van der Waals surface area contributed by atoms with Crippen LogP contribution in [0.5, 0.6) is 0 Å². The molecular weight excluding hydrogens is 304 g/mol. The van der Waals surface area contributed by atoms with E-state index in [0.717, 1.165) is 25.9 Å². The molecule has 0 aliphatic carbocycles. The molecule has 1 aliphatic rings. The van der Waals surface area contributed by atoms with E-state index in [-0.39, 0.29) is 11.0 Å². The molecule has 7 nitrogen and oxygen atoms in total. The van der Waals surface area contributed by atoms with Crippen molar-refractivity contribution in [1.82, 2.24) is 14.8 Å². The van der Waals surface area contributed by atoms with Gasteiger partial charge in [-0.2, -0.15) is 5.10 Å². The van der Waals surface area contributed by atoms with E-state index in [1.807, 2.05) is 0 Å². The molecule has 1 saturated heterocycles. The third-order valence-corrected chi connectivity index (χ3v) is 4.86. The van der Waals surface area contributed by atoms with Crippen molar-refractivity contribution >= 4 is 15.7 Å². The van der Waals surface area contributed by atoms with E-state index in [9.17, 15) is 8.42 Å². The van der Waals surface area contributed by atoms with E-state index >= 15 is 0 Å². The number of hydrogen-bond donors (Lipinski definition) is 1. The second-order valence-corrected chi connectivity index (χ2v) is 6.92. The zero-order chi connectivity index (χ0) is 15.4. The molecule has 0 amide bonds. The zero-order valence-corrected chi connectivity index (χ0v) is 12.9. The van der Waals surface area contributed by atoms with Gasteiger partial charge in [-0.05, 0) is 31.4 Å². The van der Waals surface area contributed by atoms with Crippen LogP contribution in [0.3, 0.4) is 0 Å². The van der Waals surface area contributed by atoms with Crippen molar-refractivity contribution in [2.45, 2.75) is 36.8 Å². The van der Waals surface area contributed by atoms with Gasteiger partial charge in [0.2, 0.25) is 0 Å². The molecule has 1 aliphatic heterocycles.